The van der Waals surface area contributed by atoms with Gasteiger partial charge in [0.25, 0.3) is 5.91 Å². The average molecular weight is 399 g/mol. The molecule has 1 N–H and O–H groups in total. The normalized spacial score (nSPS) is 16.0. The van der Waals surface area contributed by atoms with Crippen LogP contribution in [0.15, 0.2) is 41.1 Å². The van der Waals surface area contributed by atoms with Crippen molar-refractivity contribution in [3.8, 4) is 0 Å². The van der Waals surface area contributed by atoms with Gasteiger partial charge in [0.15, 0.2) is 5.82 Å². The topological polar surface area (TPSA) is 84.7 Å². The van der Waals surface area contributed by atoms with Crippen LogP contribution in [0, 0.1) is 0 Å². The van der Waals surface area contributed by atoms with Crippen molar-refractivity contribution in [3.63, 3.8) is 0 Å². The minimum atomic E-state index is -0.318. The predicted molar refractivity (Wildman–Crippen MR) is 110 cm³/mol. The van der Waals surface area contributed by atoms with Gasteiger partial charge in [0.2, 0.25) is 5.91 Å². The summed E-state index contributed by atoms with van der Waals surface area (Å²) in [5.74, 6) is -0.159. The third-order valence-corrected chi connectivity index (χ3v) is 5.04. The number of nitrogens with one attached hydrogen (secondary N) is 1. The van der Waals surface area contributed by atoms with Crippen LogP contribution < -0.4 is 5.32 Å². The number of hydrogen-bond acceptors (Lipinski definition) is 5. The first-order valence-electron chi connectivity index (χ1n) is 10.4. The maximum absolute atomic E-state index is 13.1. The monoisotopic (exact) mass is 399 g/mol. The fourth-order valence-electron chi connectivity index (χ4n) is 3.46. The number of amides is 2. The van der Waals surface area contributed by atoms with Gasteiger partial charge < -0.3 is 19.5 Å². The second-order valence-electron chi connectivity index (χ2n) is 7.41. The Morgan fingerprint density at radius 1 is 1.21 bits per heavy atom. The highest BCUT2D eigenvalue weighted by molar-refractivity contribution is 5.99. The zero-order chi connectivity index (χ0) is 20.5. The molecule has 7 nitrogen and oxygen atoms in total. The molecule has 7 heteroatoms. The molecule has 1 aromatic heterocycles. The third-order valence-electron chi connectivity index (χ3n) is 5.04. The number of nitrogens with zero attached hydrogens (tertiary/aromatic N) is 2. The van der Waals surface area contributed by atoms with Crippen LogP contribution in [0.5, 0.6) is 0 Å². The Morgan fingerprint density at radius 3 is 2.69 bits per heavy atom. The molecule has 0 saturated carbocycles. The van der Waals surface area contributed by atoms with Crippen molar-refractivity contribution in [2.45, 2.75) is 51.6 Å². The number of aryl methyl sites for hydroxylation is 1. The molecule has 2 aromatic rings. The molecular formula is C22H29N3O4. The summed E-state index contributed by atoms with van der Waals surface area (Å²) in [6, 6.07) is 9.26. The van der Waals surface area contributed by atoms with Crippen molar-refractivity contribution >= 4 is 17.6 Å². The van der Waals surface area contributed by atoms with E-state index in [1.165, 1.54) is 24.7 Å². The van der Waals surface area contributed by atoms with Crippen molar-refractivity contribution < 1.29 is 18.8 Å². The molecule has 3 rings (SSSR count). The first-order valence-corrected chi connectivity index (χ1v) is 10.4. The molecule has 156 valence electrons. The van der Waals surface area contributed by atoms with Crippen LogP contribution in [0.4, 0.5) is 5.82 Å². The van der Waals surface area contributed by atoms with E-state index in [0.717, 1.165) is 25.7 Å². The molecule has 0 bridgehead atoms. The minimum Gasteiger partial charge on any atom is -0.376 e. The Bertz CT molecular complexity index is 768. The van der Waals surface area contributed by atoms with Crippen molar-refractivity contribution in [2.24, 2.45) is 0 Å². The Balaban J connectivity index is 1.65. The average Bonchev–Trinajstić information content (AvgIpc) is 3.42. The van der Waals surface area contributed by atoms with Gasteiger partial charge in [-0.3, -0.25) is 9.59 Å². The molecule has 1 fully saturated rings. The summed E-state index contributed by atoms with van der Waals surface area (Å²) in [7, 11) is 0. The summed E-state index contributed by atoms with van der Waals surface area (Å²) in [5, 5.41) is 6.32. The molecule has 1 aliphatic rings. The maximum atomic E-state index is 13.1. The molecule has 0 unspecified atom stereocenters. The van der Waals surface area contributed by atoms with Gasteiger partial charge in [0.05, 0.1) is 6.10 Å². The summed E-state index contributed by atoms with van der Waals surface area (Å²) in [4.78, 5) is 27.1. The van der Waals surface area contributed by atoms with E-state index in [1.54, 1.807) is 11.0 Å². The van der Waals surface area contributed by atoms with E-state index in [-0.39, 0.29) is 24.5 Å². The first-order chi connectivity index (χ1) is 14.2. The number of rotatable bonds is 10. The molecule has 0 spiro atoms. The lowest BCUT2D eigenvalue weighted by Gasteiger charge is -2.25. The van der Waals surface area contributed by atoms with Gasteiger partial charge in [-0.2, -0.15) is 0 Å². The second-order valence-corrected chi connectivity index (χ2v) is 7.41. The summed E-state index contributed by atoms with van der Waals surface area (Å²) in [6.45, 7) is 3.21. The number of hydrogen-bond donors (Lipinski definition) is 1. The van der Waals surface area contributed by atoms with Crippen LogP contribution in [0.25, 0.3) is 0 Å². The molecule has 0 radical (unpaired) electrons. The standard InChI is InChI=1S/C22H29N3O4/c1-2-3-4-6-17-8-10-18(11-9-17)22(27)25(15-19-7-5-13-28-19)16-21(26)23-20-12-14-29-24-20/h8-12,14,19H,2-7,13,15-16H2,1H3,(H,23,24,26)/t19-/m1/s1. The smallest absolute Gasteiger partial charge is 0.254 e. The summed E-state index contributed by atoms with van der Waals surface area (Å²) < 4.78 is 10.4. The number of unbranched alkanes of at least 4 members (excludes halogenated alkanes) is 2. The summed E-state index contributed by atoms with van der Waals surface area (Å²) >= 11 is 0. The van der Waals surface area contributed by atoms with Crippen molar-refractivity contribution in [1.29, 1.82) is 0 Å². The van der Waals surface area contributed by atoms with Crippen molar-refractivity contribution in [3.05, 3.63) is 47.7 Å². The number of aromatic nitrogens is 1. The van der Waals surface area contributed by atoms with Crippen molar-refractivity contribution in [2.75, 3.05) is 25.0 Å². The van der Waals surface area contributed by atoms with E-state index in [4.69, 9.17) is 9.26 Å². The Hall–Kier alpha value is -2.67. The highest BCUT2D eigenvalue weighted by atomic mass is 16.5. The Morgan fingerprint density at radius 2 is 2.03 bits per heavy atom. The maximum Gasteiger partial charge on any atom is 0.254 e. The fraction of sp³-hybridized carbons (Fsp3) is 0.500. The minimum absolute atomic E-state index is 0.0351. The van der Waals surface area contributed by atoms with Gasteiger partial charge in [0.1, 0.15) is 12.8 Å². The van der Waals surface area contributed by atoms with Crippen LogP contribution in [-0.4, -0.2) is 47.7 Å². The molecule has 2 heterocycles. The van der Waals surface area contributed by atoms with E-state index in [9.17, 15) is 9.59 Å². The number of anilines is 1. The van der Waals surface area contributed by atoms with Crippen LogP contribution in [0.3, 0.4) is 0 Å². The molecule has 1 aliphatic heterocycles. The van der Waals surface area contributed by atoms with Gasteiger partial charge in [-0.05, 0) is 43.4 Å². The highest BCUT2D eigenvalue weighted by Crippen LogP contribution is 2.16. The van der Waals surface area contributed by atoms with Crippen LogP contribution in [-0.2, 0) is 16.0 Å². The predicted octanol–water partition coefficient (Wildman–Crippen LogP) is 3.67. The Kier molecular flexibility index (Phi) is 7.81. The van der Waals surface area contributed by atoms with Crippen LogP contribution in [0.2, 0.25) is 0 Å². The summed E-state index contributed by atoms with van der Waals surface area (Å²) in [5.41, 5.74) is 1.81. The fourth-order valence-corrected chi connectivity index (χ4v) is 3.46. The second kappa shape index (κ2) is 10.8. The molecule has 1 saturated heterocycles. The van der Waals surface area contributed by atoms with Gasteiger partial charge in [0, 0.05) is 24.8 Å². The lowest BCUT2D eigenvalue weighted by atomic mass is 10.0. The van der Waals surface area contributed by atoms with Crippen molar-refractivity contribution in [1.82, 2.24) is 10.1 Å². The summed E-state index contributed by atoms with van der Waals surface area (Å²) in [6.07, 6.45) is 7.77. The largest absolute Gasteiger partial charge is 0.376 e. The quantitative estimate of drug-likeness (QED) is 0.616. The number of carbonyl (C=O) groups is 2. The van der Waals surface area contributed by atoms with Crippen LogP contribution in [0.1, 0.15) is 54.9 Å². The molecular weight excluding hydrogens is 370 g/mol. The number of benzene rings is 1. The molecule has 0 aliphatic carbocycles. The molecule has 1 aromatic carbocycles. The van der Waals surface area contributed by atoms with E-state index < -0.39 is 0 Å². The van der Waals surface area contributed by atoms with Gasteiger partial charge in [-0.15, -0.1) is 0 Å². The zero-order valence-corrected chi connectivity index (χ0v) is 16.9. The van der Waals surface area contributed by atoms with Gasteiger partial charge in [-0.1, -0.05) is 37.1 Å². The van der Waals surface area contributed by atoms with Crippen LogP contribution >= 0.6 is 0 Å². The Labute approximate surface area is 171 Å². The molecule has 29 heavy (non-hydrogen) atoms. The third kappa shape index (κ3) is 6.42. The lowest BCUT2D eigenvalue weighted by Crippen LogP contribution is -2.42. The molecule has 2 amide bonds. The van der Waals surface area contributed by atoms with E-state index in [2.05, 4.69) is 17.4 Å². The highest BCUT2D eigenvalue weighted by Gasteiger charge is 2.25. The first kappa shape index (κ1) is 21.0. The van der Waals surface area contributed by atoms with E-state index in [0.29, 0.717) is 24.5 Å². The van der Waals surface area contributed by atoms with Gasteiger partial charge in [-0.25, -0.2) is 0 Å². The van der Waals surface area contributed by atoms with E-state index in [1.807, 2.05) is 24.3 Å². The number of carbonyl (C=O) groups excluding carboxylic acids is 2. The molecule has 1 atom stereocenters. The van der Waals surface area contributed by atoms with Gasteiger partial charge >= 0.3 is 0 Å². The van der Waals surface area contributed by atoms with E-state index >= 15 is 0 Å². The SMILES string of the molecule is CCCCCc1ccc(C(=O)N(CC(=O)Nc2ccon2)C[C@H]2CCCO2)cc1. The lowest BCUT2D eigenvalue weighted by molar-refractivity contribution is -0.117. The number of ether oxygens (including phenoxy) is 1. The zero-order valence-electron chi connectivity index (χ0n) is 16.9.